The highest BCUT2D eigenvalue weighted by Gasteiger charge is 2.27. The summed E-state index contributed by atoms with van der Waals surface area (Å²) in [4.78, 5) is 24.8. The van der Waals surface area contributed by atoms with Crippen molar-refractivity contribution in [3.05, 3.63) is 24.0 Å². The van der Waals surface area contributed by atoms with Gasteiger partial charge in [0.05, 0.1) is 0 Å². The van der Waals surface area contributed by atoms with Crippen molar-refractivity contribution in [3.8, 4) is 6.07 Å². The molecule has 112 valence electrons. The van der Waals surface area contributed by atoms with Crippen molar-refractivity contribution in [3.63, 3.8) is 0 Å². The highest BCUT2D eigenvalue weighted by atomic mass is 32.2. The third kappa shape index (κ3) is 4.51. The molecule has 9 nitrogen and oxygen atoms in total. The summed E-state index contributed by atoms with van der Waals surface area (Å²) in [5, 5.41) is 17.8. The first-order chi connectivity index (χ1) is 9.77. The fraction of sp³-hybridized carbons (Fsp3) is 0.273. The number of aliphatic carboxylic acids is 1. The van der Waals surface area contributed by atoms with Gasteiger partial charge in [-0.3, -0.25) is 9.59 Å². The van der Waals surface area contributed by atoms with Crippen LogP contribution in [0.4, 0.5) is 0 Å². The van der Waals surface area contributed by atoms with Crippen LogP contribution in [0.2, 0.25) is 0 Å². The van der Waals surface area contributed by atoms with E-state index in [9.17, 15) is 18.0 Å². The number of nitrogens with one attached hydrogen (secondary N) is 1. The van der Waals surface area contributed by atoms with Gasteiger partial charge in [0.1, 0.15) is 17.0 Å². The van der Waals surface area contributed by atoms with Crippen molar-refractivity contribution in [2.45, 2.75) is 23.8 Å². The van der Waals surface area contributed by atoms with E-state index in [2.05, 4.69) is 4.98 Å². The van der Waals surface area contributed by atoms with Crippen molar-refractivity contribution in [2.24, 2.45) is 5.73 Å². The lowest BCUT2D eigenvalue weighted by molar-refractivity contribution is -0.139. The Morgan fingerprint density at radius 1 is 1.52 bits per heavy atom. The Balaban J connectivity index is 3.04. The maximum atomic E-state index is 12.1. The van der Waals surface area contributed by atoms with Crippen LogP contribution >= 0.6 is 0 Å². The van der Waals surface area contributed by atoms with E-state index in [1.165, 1.54) is 12.3 Å². The summed E-state index contributed by atoms with van der Waals surface area (Å²) in [6.07, 6.45) is 0.642. The van der Waals surface area contributed by atoms with E-state index < -0.39 is 32.8 Å². The second-order valence-corrected chi connectivity index (χ2v) is 5.66. The van der Waals surface area contributed by atoms with Crippen molar-refractivity contribution < 1.29 is 23.1 Å². The Bertz CT molecular complexity index is 695. The van der Waals surface area contributed by atoms with Crippen LogP contribution in [0, 0.1) is 11.3 Å². The zero-order chi connectivity index (χ0) is 16.0. The number of carboxylic acid groups (broad SMARTS) is 1. The van der Waals surface area contributed by atoms with Gasteiger partial charge in [0, 0.05) is 12.6 Å². The number of nitriles is 1. The van der Waals surface area contributed by atoms with Gasteiger partial charge in [-0.05, 0) is 18.6 Å². The SMILES string of the molecule is N#Cc1ncccc1S(=O)(=O)N[C@H](CCC(N)=O)C(=O)O. The summed E-state index contributed by atoms with van der Waals surface area (Å²) in [6, 6.07) is 2.50. The van der Waals surface area contributed by atoms with Crippen LogP contribution in [0.15, 0.2) is 23.2 Å². The van der Waals surface area contributed by atoms with Gasteiger partial charge in [0.15, 0.2) is 5.69 Å². The summed E-state index contributed by atoms with van der Waals surface area (Å²) in [5.74, 6) is -2.21. The van der Waals surface area contributed by atoms with Gasteiger partial charge < -0.3 is 10.8 Å². The number of sulfonamides is 1. The van der Waals surface area contributed by atoms with E-state index in [1.807, 2.05) is 4.72 Å². The fourth-order valence-electron chi connectivity index (χ4n) is 1.46. The molecule has 1 heterocycles. The number of nitrogens with two attached hydrogens (primary N) is 1. The van der Waals surface area contributed by atoms with Gasteiger partial charge in [-0.25, -0.2) is 13.4 Å². The van der Waals surface area contributed by atoms with Gasteiger partial charge in [0.25, 0.3) is 0 Å². The quantitative estimate of drug-likeness (QED) is 0.578. The summed E-state index contributed by atoms with van der Waals surface area (Å²) in [7, 11) is -4.26. The van der Waals surface area contributed by atoms with Crippen LogP contribution in [-0.4, -0.2) is 36.4 Å². The molecule has 0 saturated heterocycles. The number of pyridine rings is 1. The Labute approximate surface area is 120 Å². The number of hydrogen-bond donors (Lipinski definition) is 3. The molecule has 0 aliphatic rings. The second kappa shape index (κ2) is 6.78. The fourth-order valence-corrected chi connectivity index (χ4v) is 2.79. The molecule has 1 aromatic rings. The largest absolute Gasteiger partial charge is 0.480 e. The molecule has 0 aliphatic carbocycles. The normalized spacial score (nSPS) is 12.3. The summed E-state index contributed by atoms with van der Waals surface area (Å²) >= 11 is 0. The van der Waals surface area contributed by atoms with Crippen LogP contribution in [0.3, 0.4) is 0 Å². The Morgan fingerprint density at radius 3 is 2.71 bits per heavy atom. The molecule has 21 heavy (non-hydrogen) atoms. The molecule has 0 aromatic carbocycles. The number of nitrogens with zero attached hydrogens (tertiary/aromatic N) is 2. The predicted octanol–water partition coefficient (Wildman–Crippen LogP) is -1.05. The molecule has 1 amide bonds. The van der Waals surface area contributed by atoms with E-state index in [4.69, 9.17) is 16.1 Å². The molecule has 0 bridgehead atoms. The first-order valence-electron chi connectivity index (χ1n) is 5.66. The standard InChI is InChI=1S/C11H12N4O5S/c12-6-8-9(2-1-5-14-8)21(19,20)15-7(11(17)18)3-4-10(13)16/h1-2,5,7,15H,3-4H2,(H2,13,16)(H,17,18)/t7-/m1/s1. The molecule has 4 N–H and O–H groups in total. The minimum Gasteiger partial charge on any atom is -0.480 e. The maximum absolute atomic E-state index is 12.1. The van der Waals surface area contributed by atoms with Gasteiger partial charge in [-0.1, -0.05) is 0 Å². The van der Waals surface area contributed by atoms with Gasteiger partial charge >= 0.3 is 5.97 Å². The third-order valence-electron chi connectivity index (χ3n) is 2.44. The Kier molecular flexibility index (Phi) is 5.34. The monoisotopic (exact) mass is 312 g/mol. The molecular weight excluding hydrogens is 300 g/mol. The van der Waals surface area contributed by atoms with Crippen molar-refractivity contribution in [2.75, 3.05) is 0 Å². The van der Waals surface area contributed by atoms with E-state index >= 15 is 0 Å². The lowest BCUT2D eigenvalue weighted by atomic mass is 10.2. The number of carbonyl (C=O) groups is 2. The smallest absolute Gasteiger partial charge is 0.321 e. The molecule has 0 saturated carbocycles. The summed E-state index contributed by atoms with van der Waals surface area (Å²) in [5.41, 5.74) is 4.54. The third-order valence-corrected chi connectivity index (χ3v) is 3.94. The van der Waals surface area contributed by atoms with E-state index in [-0.39, 0.29) is 18.5 Å². The molecule has 1 atom stereocenters. The highest BCUT2D eigenvalue weighted by Crippen LogP contribution is 2.13. The zero-order valence-electron chi connectivity index (χ0n) is 10.7. The lowest BCUT2D eigenvalue weighted by Gasteiger charge is -2.14. The molecular formula is C11H12N4O5S. The maximum Gasteiger partial charge on any atom is 0.321 e. The van der Waals surface area contributed by atoms with Gasteiger partial charge in [-0.2, -0.15) is 9.98 Å². The Hall–Kier alpha value is -2.51. The highest BCUT2D eigenvalue weighted by molar-refractivity contribution is 7.89. The van der Waals surface area contributed by atoms with Gasteiger partial charge in [0.2, 0.25) is 15.9 Å². The summed E-state index contributed by atoms with van der Waals surface area (Å²) < 4.78 is 26.1. The van der Waals surface area contributed by atoms with Crippen LogP contribution in [0.1, 0.15) is 18.5 Å². The van der Waals surface area contributed by atoms with Gasteiger partial charge in [-0.15, -0.1) is 0 Å². The zero-order valence-corrected chi connectivity index (χ0v) is 11.5. The number of hydrogen-bond acceptors (Lipinski definition) is 6. The van der Waals surface area contributed by atoms with Crippen LogP contribution in [0.25, 0.3) is 0 Å². The second-order valence-electron chi connectivity index (χ2n) is 3.98. The minimum atomic E-state index is -4.26. The molecule has 0 unspecified atom stereocenters. The lowest BCUT2D eigenvalue weighted by Crippen LogP contribution is -2.41. The molecule has 1 rings (SSSR count). The predicted molar refractivity (Wildman–Crippen MR) is 69.1 cm³/mol. The average Bonchev–Trinajstić information content (AvgIpc) is 2.42. The Morgan fingerprint density at radius 2 is 2.19 bits per heavy atom. The van der Waals surface area contributed by atoms with Crippen LogP contribution in [0.5, 0.6) is 0 Å². The van der Waals surface area contributed by atoms with E-state index in [1.54, 1.807) is 6.07 Å². The number of rotatable bonds is 7. The minimum absolute atomic E-state index is 0.294. The number of carbonyl (C=O) groups excluding carboxylic acids is 1. The van der Waals surface area contributed by atoms with E-state index in [0.29, 0.717) is 0 Å². The van der Waals surface area contributed by atoms with Crippen molar-refractivity contribution in [1.29, 1.82) is 5.26 Å². The molecule has 0 aliphatic heterocycles. The molecule has 10 heteroatoms. The molecule has 0 radical (unpaired) electrons. The van der Waals surface area contributed by atoms with Crippen LogP contribution < -0.4 is 10.5 Å². The summed E-state index contributed by atoms with van der Waals surface area (Å²) in [6.45, 7) is 0. The van der Waals surface area contributed by atoms with Crippen molar-refractivity contribution in [1.82, 2.24) is 9.71 Å². The number of carboxylic acids is 1. The average molecular weight is 312 g/mol. The topological polar surface area (TPSA) is 163 Å². The first kappa shape index (κ1) is 16.5. The molecule has 0 fully saturated rings. The first-order valence-corrected chi connectivity index (χ1v) is 7.15. The van der Waals surface area contributed by atoms with Crippen LogP contribution in [-0.2, 0) is 19.6 Å². The molecule has 0 spiro atoms. The number of primary amides is 1. The number of aromatic nitrogens is 1. The molecule has 1 aromatic heterocycles. The number of amides is 1. The van der Waals surface area contributed by atoms with Crippen molar-refractivity contribution >= 4 is 21.9 Å². The van der Waals surface area contributed by atoms with E-state index in [0.717, 1.165) is 6.07 Å².